The van der Waals surface area contributed by atoms with Crippen LogP contribution in [0.25, 0.3) is 11.0 Å². The first kappa shape index (κ1) is 22.6. The van der Waals surface area contributed by atoms with E-state index in [1.165, 1.54) is 6.07 Å². The van der Waals surface area contributed by atoms with Gasteiger partial charge in [0.15, 0.2) is 0 Å². The molecule has 7 heteroatoms. The molecule has 1 fully saturated rings. The Kier molecular flexibility index (Phi) is 6.77. The zero-order valence-electron chi connectivity index (χ0n) is 18.9. The van der Waals surface area contributed by atoms with Gasteiger partial charge in [0, 0.05) is 35.7 Å². The molecule has 2 unspecified atom stereocenters. The Hall–Kier alpha value is -3.61. The minimum atomic E-state index is -0.430. The van der Waals surface area contributed by atoms with Crippen molar-refractivity contribution in [2.45, 2.75) is 38.6 Å². The van der Waals surface area contributed by atoms with Crippen LogP contribution in [0.3, 0.4) is 0 Å². The summed E-state index contributed by atoms with van der Waals surface area (Å²) in [4.78, 5) is 39.7. The molecule has 0 aliphatic carbocycles. The van der Waals surface area contributed by atoms with Crippen molar-refractivity contribution in [3.05, 3.63) is 70.6 Å². The summed E-state index contributed by atoms with van der Waals surface area (Å²) in [6.45, 7) is 2.68. The van der Waals surface area contributed by atoms with Crippen LogP contribution in [0.2, 0.25) is 0 Å². The summed E-state index contributed by atoms with van der Waals surface area (Å²) in [5.41, 5.74) is 1.49. The Morgan fingerprint density at radius 3 is 2.76 bits per heavy atom. The topological polar surface area (TPSA) is 88.9 Å². The summed E-state index contributed by atoms with van der Waals surface area (Å²) < 4.78 is 10.8. The van der Waals surface area contributed by atoms with Crippen LogP contribution in [0.1, 0.15) is 44.2 Å². The number of likely N-dealkylation sites (tertiary alicyclic amines) is 1. The number of rotatable bonds is 7. The lowest BCUT2D eigenvalue weighted by molar-refractivity contribution is -0.142. The number of carbonyl (C=O) groups excluding carboxylic acids is 2. The summed E-state index contributed by atoms with van der Waals surface area (Å²) in [6.07, 6.45) is 2.60. The molecule has 0 saturated carbocycles. The monoisotopic (exact) mass is 448 g/mol. The van der Waals surface area contributed by atoms with E-state index in [9.17, 15) is 14.4 Å². The van der Waals surface area contributed by atoms with Gasteiger partial charge in [0.25, 0.3) is 0 Å². The van der Waals surface area contributed by atoms with Crippen molar-refractivity contribution < 1.29 is 18.7 Å². The number of benzene rings is 2. The molecule has 0 bridgehead atoms. The molecule has 33 heavy (non-hydrogen) atoms. The molecule has 7 nitrogen and oxygen atoms in total. The molecule has 2 amide bonds. The number of para-hydroxylation sites is 1. The lowest BCUT2D eigenvalue weighted by Crippen LogP contribution is -2.47. The number of nitrogens with zero attached hydrogens (tertiary/aromatic N) is 1. The third kappa shape index (κ3) is 4.77. The lowest BCUT2D eigenvalue weighted by Gasteiger charge is -2.41. The fourth-order valence-corrected chi connectivity index (χ4v) is 4.50. The second-order valence-electron chi connectivity index (χ2n) is 8.27. The van der Waals surface area contributed by atoms with Crippen LogP contribution in [-0.4, -0.2) is 30.4 Å². The third-order valence-electron chi connectivity index (χ3n) is 6.14. The van der Waals surface area contributed by atoms with Gasteiger partial charge in [0.05, 0.1) is 19.1 Å². The van der Waals surface area contributed by atoms with E-state index in [0.29, 0.717) is 36.4 Å². The Balaban J connectivity index is 1.67. The van der Waals surface area contributed by atoms with Crippen LogP contribution in [0.5, 0.6) is 5.75 Å². The van der Waals surface area contributed by atoms with Crippen LogP contribution < -0.4 is 15.7 Å². The third-order valence-corrected chi connectivity index (χ3v) is 6.14. The van der Waals surface area contributed by atoms with Crippen LogP contribution in [0, 0.1) is 5.92 Å². The molecule has 1 aliphatic rings. The summed E-state index contributed by atoms with van der Waals surface area (Å²) in [5, 5.41) is 3.73. The highest BCUT2D eigenvalue weighted by Gasteiger charge is 2.41. The molecular formula is C26H28N2O5. The molecule has 2 atom stereocenters. The van der Waals surface area contributed by atoms with E-state index in [2.05, 4.69) is 12.2 Å². The lowest BCUT2D eigenvalue weighted by atomic mass is 9.83. The summed E-state index contributed by atoms with van der Waals surface area (Å²) in [7, 11) is 1.60. The maximum Gasteiger partial charge on any atom is 0.336 e. The standard InChI is InChI=1S/C26H28N2O5/c1-3-4-15-28-23(29)13-11-20(25(28)19-7-5-6-8-22(19)32-2)26(31)27-18-10-12-21-17(16-18)9-14-24(30)33-21/h5-10,12,14,16,20,25H,3-4,11,13,15H2,1-2H3,(H,27,31). The van der Waals surface area contributed by atoms with Crippen molar-refractivity contribution in [2.75, 3.05) is 19.0 Å². The van der Waals surface area contributed by atoms with E-state index in [1.54, 1.807) is 31.4 Å². The molecule has 0 spiro atoms. The average Bonchev–Trinajstić information content (AvgIpc) is 2.83. The normalized spacial score (nSPS) is 18.4. The quantitative estimate of drug-likeness (QED) is 0.537. The highest BCUT2D eigenvalue weighted by Crippen LogP contribution is 2.41. The average molecular weight is 449 g/mol. The first-order valence-corrected chi connectivity index (χ1v) is 11.3. The predicted octanol–water partition coefficient (Wildman–Crippen LogP) is 4.52. The van der Waals surface area contributed by atoms with Crippen LogP contribution in [0.4, 0.5) is 5.69 Å². The minimum absolute atomic E-state index is 0.0594. The number of unbranched alkanes of at least 4 members (excludes halogenated alkanes) is 1. The molecule has 3 aromatic rings. The number of hydrogen-bond donors (Lipinski definition) is 1. The van der Waals surface area contributed by atoms with E-state index >= 15 is 0 Å². The van der Waals surface area contributed by atoms with Gasteiger partial charge in [-0.15, -0.1) is 0 Å². The number of ether oxygens (including phenoxy) is 1. The number of fused-ring (bicyclic) bond motifs is 1. The van der Waals surface area contributed by atoms with E-state index in [-0.39, 0.29) is 11.8 Å². The molecule has 0 radical (unpaired) electrons. The van der Waals surface area contributed by atoms with Gasteiger partial charge in [0.1, 0.15) is 11.3 Å². The largest absolute Gasteiger partial charge is 0.496 e. The van der Waals surface area contributed by atoms with Crippen LogP contribution >= 0.6 is 0 Å². The second kappa shape index (κ2) is 9.90. The van der Waals surface area contributed by atoms with Crippen LogP contribution in [0.15, 0.2) is 63.8 Å². The Morgan fingerprint density at radius 2 is 1.97 bits per heavy atom. The maximum atomic E-state index is 13.5. The molecule has 1 aliphatic heterocycles. The number of hydrogen-bond acceptors (Lipinski definition) is 5. The zero-order valence-corrected chi connectivity index (χ0v) is 18.9. The number of nitrogens with one attached hydrogen (secondary N) is 1. The van der Waals surface area contributed by atoms with Gasteiger partial charge in [0.2, 0.25) is 11.8 Å². The summed E-state index contributed by atoms with van der Waals surface area (Å²) in [5.74, 6) is 0.137. The zero-order chi connectivity index (χ0) is 23.4. The van der Waals surface area contributed by atoms with Gasteiger partial charge in [-0.05, 0) is 43.2 Å². The van der Waals surface area contributed by atoms with Crippen molar-refractivity contribution in [2.24, 2.45) is 5.92 Å². The van der Waals surface area contributed by atoms with Crippen molar-refractivity contribution >= 4 is 28.5 Å². The molecule has 1 aromatic heterocycles. The molecule has 1 N–H and O–H groups in total. The highest BCUT2D eigenvalue weighted by molar-refractivity contribution is 5.96. The minimum Gasteiger partial charge on any atom is -0.496 e. The Morgan fingerprint density at radius 1 is 1.15 bits per heavy atom. The molecule has 2 aromatic carbocycles. The van der Waals surface area contributed by atoms with Gasteiger partial charge >= 0.3 is 5.63 Å². The van der Waals surface area contributed by atoms with Gasteiger partial charge in [-0.25, -0.2) is 4.79 Å². The van der Waals surface area contributed by atoms with Gasteiger partial charge in [-0.2, -0.15) is 0 Å². The molecular weight excluding hydrogens is 420 g/mol. The maximum absolute atomic E-state index is 13.5. The number of piperidine rings is 1. The van der Waals surface area contributed by atoms with Gasteiger partial charge < -0.3 is 19.4 Å². The second-order valence-corrected chi connectivity index (χ2v) is 8.27. The van der Waals surface area contributed by atoms with Crippen molar-refractivity contribution in [3.63, 3.8) is 0 Å². The van der Waals surface area contributed by atoms with Crippen LogP contribution in [-0.2, 0) is 9.59 Å². The summed E-state index contributed by atoms with van der Waals surface area (Å²) in [6, 6.07) is 15.3. The first-order chi connectivity index (χ1) is 16.0. The predicted molar refractivity (Wildman–Crippen MR) is 126 cm³/mol. The molecule has 1 saturated heterocycles. The number of anilines is 1. The van der Waals surface area contributed by atoms with Gasteiger partial charge in [-0.3, -0.25) is 9.59 Å². The van der Waals surface area contributed by atoms with Crippen molar-refractivity contribution in [3.8, 4) is 5.75 Å². The van der Waals surface area contributed by atoms with Crippen molar-refractivity contribution in [1.29, 1.82) is 0 Å². The molecule has 4 rings (SSSR count). The molecule has 2 heterocycles. The number of amides is 2. The first-order valence-electron chi connectivity index (χ1n) is 11.3. The number of methoxy groups -OCH3 is 1. The Bertz CT molecular complexity index is 1220. The van der Waals surface area contributed by atoms with E-state index in [1.807, 2.05) is 29.2 Å². The summed E-state index contributed by atoms with van der Waals surface area (Å²) >= 11 is 0. The van der Waals surface area contributed by atoms with E-state index < -0.39 is 17.6 Å². The smallest absolute Gasteiger partial charge is 0.336 e. The highest BCUT2D eigenvalue weighted by atomic mass is 16.5. The molecule has 172 valence electrons. The SMILES string of the molecule is CCCCN1C(=O)CCC(C(=O)Nc2ccc3oc(=O)ccc3c2)C1c1ccccc1OC. The van der Waals surface area contributed by atoms with E-state index in [4.69, 9.17) is 9.15 Å². The Labute approximate surface area is 192 Å². The van der Waals surface area contributed by atoms with E-state index in [0.717, 1.165) is 23.8 Å². The van der Waals surface area contributed by atoms with Crippen molar-refractivity contribution in [1.82, 2.24) is 4.90 Å². The number of carbonyl (C=O) groups is 2. The van der Waals surface area contributed by atoms with Gasteiger partial charge in [-0.1, -0.05) is 31.5 Å². The fraction of sp³-hybridized carbons (Fsp3) is 0.346. The fourth-order valence-electron chi connectivity index (χ4n) is 4.50.